The predicted molar refractivity (Wildman–Crippen MR) is 137 cm³/mol. The number of hydrogen-bond acceptors (Lipinski definition) is 6. The first kappa shape index (κ1) is 25.8. The largest absolute Gasteiger partial charge is 0.391 e. The molecule has 0 spiro atoms. The van der Waals surface area contributed by atoms with Crippen LogP contribution in [0.3, 0.4) is 0 Å². The van der Waals surface area contributed by atoms with E-state index in [1.165, 1.54) is 0 Å². The summed E-state index contributed by atoms with van der Waals surface area (Å²) < 4.78 is 11.6. The molecule has 2 atom stereocenters. The number of carbonyl (C=O) groups excluding carboxylic acids is 1. The van der Waals surface area contributed by atoms with Gasteiger partial charge in [-0.25, -0.2) is 0 Å². The van der Waals surface area contributed by atoms with Gasteiger partial charge < -0.3 is 19.5 Å². The van der Waals surface area contributed by atoms with E-state index in [0.717, 1.165) is 50.5 Å². The molecule has 2 aromatic carbocycles. The molecular weight excluding hydrogens is 442 g/mol. The highest BCUT2D eigenvalue weighted by molar-refractivity contribution is 5.94. The third kappa shape index (κ3) is 8.12. The van der Waals surface area contributed by atoms with E-state index in [0.29, 0.717) is 44.8 Å². The van der Waals surface area contributed by atoms with Gasteiger partial charge in [0.15, 0.2) is 0 Å². The SMILES string of the molecule is Cc1ccc(C(=O)N(CCN2CCOCC2)CC2CN(CC(O)Cc3ccccc3)CCO2)cc1. The number of aryl methyl sites for hydroxylation is 1. The van der Waals surface area contributed by atoms with Crippen molar-refractivity contribution in [3.63, 3.8) is 0 Å². The molecule has 2 aromatic rings. The molecule has 0 aliphatic carbocycles. The summed E-state index contributed by atoms with van der Waals surface area (Å²) in [6, 6.07) is 17.9. The summed E-state index contributed by atoms with van der Waals surface area (Å²) in [6.07, 6.45) is 0.134. The Kier molecular flexibility index (Phi) is 9.68. The van der Waals surface area contributed by atoms with E-state index >= 15 is 0 Å². The molecule has 35 heavy (non-hydrogen) atoms. The summed E-state index contributed by atoms with van der Waals surface area (Å²) in [4.78, 5) is 20.0. The van der Waals surface area contributed by atoms with Gasteiger partial charge in [0, 0.05) is 57.9 Å². The Balaban J connectivity index is 1.35. The van der Waals surface area contributed by atoms with Crippen molar-refractivity contribution in [2.75, 3.05) is 72.2 Å². The fourth-order valence-corrected chi connectivity index (χ4v) is 4.79. The first-order chi connectivity index (χ1) is 17.1. The summed E-state index contributed by atoms with van der Waals surface area (Å²) in [6.45, 7) is 10.1. The number of benzene rings is 2. The molecule has 0 saturated carbocycles. The van der Waals surface area contributed by atoms with Gasteiger partial charge in [0.25, 0.3) is 5.91 Å². The Bertz CT molecular complexity index is 902. The van der Waals surface area contributed by atoms with Gasteiger partial charge in [0.05, 0.1) is 32.0 Å². The van der Waals surface area contributed by atoms with Gasteiger partial charge in [-0.15, -0.1) is 0 Å². The molecule has 4 rings (SSSR count). The monoisotopic (exact) mass is 481 g/mol. The predicted octanol–water partition coefficient (Wildman–Crippen LogP) is 2.07. The molecular formula is C28H39N3O4. The van der Waals surface area contributed by atoms with Crippen LogP contribution in [0.1, 0.15) is 21.5 Å². The molecule has 0 radical (unpaired) electrons. The number of aliphatic hydroxyl groups is 1. The van der Waals surface area contributed by atoms with Gasteiger partial charge in [-0.3, -0.25) is 14.6 Å². The lowest BCUT2D eigenvalue weighted by Crippen LogP contribution is -2.51. The minimum Gasteiger partial charge on any atom is -0.391 e. The lowest BCUT2D eigenvalue weighted by molar-refractivity contribution is -0.0513. The zero-order valence-electron chi connectivity index (χ0n) is 20.8. The Morgan fingerprint density at radius 1 is 1.03 bits per heavy atom. The maximum Gasteiger partial charge on any atom is 0.253 e. The molecule has 7 nitrogen and oxygen atoms in total. The first-order valence-corrected chi connectivity index (χ1v) is 12.8. The van der Waals surface area contributed by atoms with Crippen molar-refractivity contribution in [1.82, 2.24) is 14.7 Å². The van der Waals surface area contributed by atoms with Crippen LogP contribution >= 0.6 is 0 Å². The average Bonchev–Trinajstić information content (AvgIpc) is 2.88. The molecule has 0 aromatic heterocycles. The molecule has 2 saturated heterocycles. The minimum absolute atomic E-state index is 0.0445. The topological polar surface area (TPSA) is 65.5 Å². The summed E-state index contributed by atoms with van der Waals surface area (Å²) in [5.41, 5.74) is 2.99. The second-order valence-corrected chi connectivity index (χ2v) is 9.67. The van der Waals surface area contributed by atoms with E-state index < -0.39 is 6.10 Å². The lowest BCUT2D eigenvalue weighted by atomic mass is 10.1. The number of carbonyl (C=O) groups is 1. The fraction of sp³-hybridized carbons (Fsp3) is 0.536. The Morgan fingerprint density at radius 2 is 1.74 bits per heavy atom. The van der Waals surface area contributed by atoms with E-state index in [4.69, 9.17) is 9.47 Å². The smallest absolute Gasteiger partial charge is 0.253 e. The molecule has 2 fully saturated rings. The number of β-amino-alcohol motifs (C(OH)–C–C–N with tert-alkyl or cyclic N) is 1. The molecule has 2 aliphatic rings. The lowest BCUT2D eigenvalue weighted by Gasteiger charge is -2.37. The molecule has 2 heterocycles. The van der Waals surface area contributed by atoms with E-state index in [9.17, 15) is 9.90 Å². The normalized spacial score (nSPS) is 20.5. The maximum atomic E-state index is 13.4. The van der Waals surface area contributed by atoms with Crippen molar-refractivity contribution in [3.05, 3.63) is 71.3 Å². The minimum atomic E-state index is -0.428. The van der Waals surface area contributed by atoms with Crippen molar-refractivity contribution in [3.8, 4) is 0 Å². The second kappa shape index (κ2) is 13.1. The zero-order chi connectivity index (χ0) is 24.5. The summed E-state index contributed by atoms with van der Waals surface area (Å²) in [5.74, 6) is 0.0445. The van der Waals surface area contributed by atoms with Crippen molar-refractivity contribution >= 4 is 5.91 Å². The Labute approximate surface area is 209 Å². The Hall–Kier alpha value is -2.29. The molecule has 2 aliphatic heterocycles. The number of hydrogen-bond donors (Lipinski definition) is 1. The molecule has 7 heteroatoms. The number of rotatable bonds is 10. The van der Waals surface area contributed by atoms with E-state index in [1.54, 1.807) is 0 Å². The fourth-order valence-electron chi connectivity index (χ4n) is 4.79. The molecule has 0 bridgehead atoms. The van der Waals surface area contributed by atoms with Crippen LogP contribution in [0.2, 0.25) is 0 Å². The van der Waals surface area contributed by atoms with Crippen LogP contribution < -0.4 is 0 Å². The van der Waals surface area contributed by atoms with Crippen LogP contribution in [0.4, 0.5) is 0 Å². The Morgan fingerprint density at radius 3 is 2.49 bits per heavy atom. The van der Waals surface area contributed by atoms with E-state index in [2.05, 4.69) is 9.80 Å². The van der Waals surface area contributed by atoms with Gasteiger partial charge in [0.2, 0.25) is 0 Å². The number of morpholine rings is 2. The van der Waals surface area contributed by atoms with Crippen LogP contribution in [0, 0.1) is 6.92 Å². The van der Waals surface area contributed by atoms with Gasteiger partial charge in [-0.05, 0) is 31.0 Å². The number of ether oxygens (including phenoxy) is 2. The average molecular weight is 482 g/mol. The quantitative estimate of drug-likeness (QED) is 0.561. The highest BCUT2D eigenvalue weighted by Gasteiger charge is 2.27. The van der Waals surface area contributed by atoms with Gasteiger partial charge in [-0.2, -0.15) is 0 Å². The van der Waals surface area contributed by atoms with Crippen LogP contribution in [0.15, 0.2) is 54.6 Å². The maximum absolute atomic E-state index is 13.4. The number of amides is 1. The van der Waals surface area contributed by atoms with Crippen molar-refractivity contribution in [1.29, 1.82) is 0 Å². The van der Waals surface area contributed by atoms with Crippen LogP contribution in [-0.4, -0.2) is 110 Å². The molecule has 1 N–H and O–H groups in total. The van der Waals surface area contributed by atoms with Crippen molar-refractivity contribution in [2.45, 2.75) is 25.6 Å². The van der Waals surface area contributed by atoms with Crippen molar-refractivity contribution in [2.24, 2.45) is 0 Å². The summed E-state index contributed by atoms with van der Waals surface area (Å²) >= 11 is 0. The van der Waals surface area contributed by atoms with E-state index in [-0.39, 0.29) is 12.0 Å². The third-order valence-electron chi connectivity index (χ3n) is 6.81. The molecule has 2 unspecified atom stereocenters. The number of nitrogens with zero attached hydrogens (tertiary/aromatic N) is 3. The van der Waals surface area contributed by atoms with Gasteiger partial charge in [-0.1, -0.05) is 48.0 Å². The third-order valence-corrected chi connectivity index (χ3v) is 6.81. The van der Waals surface area contributed by atoms with Gasteiger partial charge in [0.1, 0.15) is 0 Å². The van der Waals surface area contributed by atoms with Crippen molar-refractivity contribution < 1.29 is 19.4 Å². The summed E-state index contributed by atoms with van der Waals surface area (Å²) in [7, 11) is 0. The zero-order valence-corrected chi connectivity index (χ0v) is 20.8. The van der Waals surface area contributed by atoms with Crippen LogP contribution in [0.25, 0.3) is 0 Å². The first-order valence-electron chi connectivity index (χ1n) is 12.8. The summed E-state index contributed by atoms with van der Waals surface area (Å²) in [5, 5.41) is 10.6. The highest BCUT2D eigenvalue weighted by atomic mass is 16.5. The van der Waals surface area contributed by atoms with Crippen LogP contribution in [0.5, 0.6) is 0 Å². The highest BCUT2D eigenvalue weighted by Crippen LogP contribution is 2.14. The molecule has 190 valence electrons. The molecule has 1 amide bonds. The van der Waals surface area contributed by atoms with Gasteiger partial charge >= 0.3 is 0 Å². The van der Waals surface area contributed by atoms with E-state index in [1.807, 2.05) is 66.4 Å². The van der Waals surface area contributed by atoms with Crippen LogP contribution in [-0.2, 0) is 15.9 Å². The number of aliphatic hydroxyl groups excluding tert-OH is 1. The standard InChI is InChI=1S/C28H39N3O4/c1-23-7-9-25(10-8-23)28(33)31(12-11-29-13-16-34-17-14-29)22-27-21-30(15-18-35-27)20-26(32)19-24-5-3-2-4-6-24/h2-10,26-27,32H,11-22H2,1H3. The second-order valence-electron chi connectivity index (χ2n) is 9.67.